The normalized spacial score (nSPS) is 10.3. The van der Waals surface area contributed by atoms with Gasteiger partial charge in [-0.2, -0.15) is 0 Å². The highest BCUT2D eigenvalue weighted by atomic mass is 16.1. The zero-order chi connectivity index (χ0) is 12.8. The minimum Gasteiger partial charge on any atom is -0.340 e. The van der Waals surface area contributed by atoms with E-state index in [0.717, 1.165) is 18.5 Å². The van der Waals surface area contributed by atoms with Crippen molar-refractivity contribution in [2.45, 2.75) is 12.8 Å². The van der Waals surface area contributed by atoms with Crippen molar-refractivity contribution in [1.29, 1.82) is 0 Å². The Bertz CT molecular complexity index is 565. The molecule has 0 aliphatic carbocycles. The first-order valence-electron chi connectivity index (χ1n) is 5.89. The molecule has 5 nitrogen and oxygen atoms in total. The molecule has 0 atom stereocenters. The van der Waals surface area contributed by atoms with E-state index in [1.54, 1.807) is 0 Å². The number of nitrogens with two attached hydrogens (primary N) is 1. The summed E-state index contributed by atoms with van der Waals surface area (Å²) >= 11 is 0. The van der Waals surface area contributed by atoms with E-state index in [0.29, 0.717) is 12.4 Å². The second-order valence-electron chi connectivity index (χ2n) is 4.01. The molecule has 1 aromatic carbocycles. The highest BCUT2D eigenvalue weighted by Gasteiger charge is 1.98. The topological polar surface area (TPSA) is 83.8 Å². The maximum absolute atomic E-state index is 11.1. The third kappa shape index (κ3) is 3.43. The predicted octanol–water partition coefficient (Wildman–Crippen LogP) is 1.40. The lowest BCUT2D eigenvalue weighted by molar-refractivity contribution is 0.833. The van der Waals surface area contributed by atoms with Crippen LogP contribution in [0, 0.1) is 0 Å². The molecule has 4 N–H and O–H groups in total. The van der Waals surface area contributed by atoms with Crippen LogP contribution in [0.1, 0.15) is 12.0 Å². The molecular formula is C13H16N4O. The summed E-state index contributed by atoms with van der Waals surface area (Å²) in [5.74, 6) is 0.537. The molecule has 0 amide bonds. The summed E-state index contributed by atoms with van der Waals surface area (Å²) in [6.07, 6.45) is 3.30. The summed E-state index contributed by atoms with van der Waals surface area (Å²) < 4.78 is 0. The van der Waals surface area contributed by atoms with Gasteiger partial charge in [0, 0.05) is 11.8 Å². The third-order valence-corrected chi connectivity index (χ3v) is 2.55. The van der Waals surface area contributed by atoms with Crippen LogP contribution in [0.4, 0.5) is 11.5 Å². The molecule has 0 saturated heterocycles. The van der Waals surface area contributed by atoms with Crippen LogP contribution < -0.4 is 16.6 Å². The number of hydrogen-bond acceptors (Lipinski definition) is 4. The van der Waals surface area contributed by atoms with Crippen LogP contribution in [0.2, 0.25) is 0 Å². The Morgan fingerprint density at radius 3 is 3.00 bits per heavy atom. The first kappa shape index (κ1) is 12.3. The summed E-state index contributed by atoms with van der Waals surface area (Å²) in [5.41, 5.74) is 7.45. The van der Waals surface area contributed by atoms with Crippen molar-refractivity contribution in [1.82, 2.24) is 9.97 Å². The van der Waals surface area contributed by atoms with Gasteiger partial charge in [-0.1, -0.05) is 12.1 Å². The zero-order valence-corrected chi connectivity index (χ0v) is 10.0. The monoisotopic (exact) mass is 244 g/mol. The van der Waals surface area contributed by atoms with Crippen molar-refractivity contribution in [3.8, 4) is 0 Å². The van der Waals surface area contributed by atoms with Gasteiger partial charge in [0.1, 0.15) is 5.82 Å². The van der Waals surface area contributed by atoms with Gasteiger partial charge in [-0.05, 0) is 37.1 Å². The molecule has 0 spiro atoms. The molecule has 2 rings (SSSR count). The molecule has 0 bridgehead atoms. The lowest BCUT2D eigenvalue weighted by atomic mass is 10.1. The smallest absolute Gasteiger partial charge is 0.252 e. The fourth-order valence-corrected chi connectivity index (χ4v) is 1.70. The fraction of sp³-hybridized carbons (Fsp3) is 0.231. The number of H-pyrrole nitrogens is 1. The molecule has 0 aliphatic heterocycles. The number of aryl methyl sites for hydroxylation is 1. The highest BCUT2D eigenvalue weighted by molar-refractivity contribution is 5.56. The minimum atomic E-state index is -0.174. The molecule has 5 heteroatoms. The average Bonchev–Trinajstić information content (AvgIpc) is 2.37. The molecular weight excluding hydrogens is 228 g/mol. The van der Waals surface area contributed by atoms with Crippen LogP contribution in [0.15, 0.2) is 41.5 Å². The molecule has 2 aromatic rings. The number of nitrogens with one attached hydrogen (secondary N) is 2. The molecule has 0 fully saturated rings. The summed E-state index contributed by atoms with van der Waals surface area (Å²) in [7, 11) is 0. The van der Waals surface area contributed by atoms with Crippen LogP contribution in [-0.2, 0) is 6.42 Å². The van der Waals surface area contributed by atoms with E-state index >= 15 is 0 Å². The Hall–Kier alpha value is -2.14. The largest absolute Gasteiger partial charge is 0.340 e. The molecule has 0 aliphatic rings. The molecule has 0 saturated carbocycles. The Morgan fingerprint density at radius 2 is 2.22 bits per heavy atom. The maximum atomic E-state index is 11.1. The third-order valence-electron chi connectivity index (χ3n) is 2.55. The highest BCUT2D eigenvalue weighted by Crippen LogP contribution is 2.15. The Labute approximate surface area is 105 Å². The van der Waals surface area contributed by atoms with Crippen molar-refractivity contribution >= 4 is 11.5 Å². The van der Waals surface area contributed by atoms with Crippen molar-refractivity contribution in [2.24, 2.45) is 5.73 Å². The number of nitrogens with zero attached hydrogens (tertiary/aromatic N) is 1. The van der Waals surface area contributed by atoms with E-state index < -0.39 is 0 Å². The Kier molecular flexibility index (Phi) is 4.09. The van der Waals surface area contributed by atoms with Gasteiger partial charge in [-0.15, -0.1) is 0 Å². The van der Waals surface area contributed by atoms with E-state index in [9.17, 15) is 4.79 Å². The van der Waals surface area contributed by atoms with Crippen LogP contribution in [0.25, 0.3) is 0 Å². The van der Waals surface area contributed by atoms with Gasteiger partial charge >= 0.3 is 0 Å². The van der Waals surface area contributed by atoms with E-state index in [1.165, 1.54) is 18.0 Å². The van der Waals surface area contributed by atoms with Crippen molar-refractivity contribution in [3.05, 3.63) is 52.6 Å². The zero-order valence-electron chi connectivity index (χ0n) is 10.0. The summed E-state index contributed by atoms with van der Waals surface area (Å²) in [4.78, 5) is 17.7. The van der Waals surface area contributed by atoms with Crippen LogP contribution in [0.3, 0.4) is 0 Å². The first-order chi connectivity index (χ1) is 8.78. The van der Waals surface area contributed by atoms with Crippen LogP contribution in [0.5, 0.6) is 0 Å². The SMILES string of the molecule is NCCCc1cccc(Nc2cc(=O)[nH]cn2)c1. The number of aromatic nitrogens is 2. The molecule has 0 unspecified atom stereocenters. The lowest BCUT2D eigenvalue weighted by Crippen LogP contribution is -2.06. The van der Waals surface area contributed by atoms with Crippen molar-refractivity contribution in [3.63, 3.8) is 0 Å². The Morgan fingerprint density at radius 1 is 1.33 bits per heavy atom. The van der Waals surface area contributed by atoms with Gasteiger partial charge < -0.3 is 16.0 Å². The van der Waals surface area contributed by atoms with Crippen molar-refractivity contribution in [2.75, 3.05) is 11.9 Å². The summed E-state index contributed by atoms with van der Waals surface area (Å²) in [6.45, 7) is 0.688. The van der Waals surface area contributed by atoms with Gasteiger partial charge in [0.15, 0.2) is 0 Å². The molecule has 0 radical (unpaired) electrons. The maximum Gasteiger partial charge on any atom is 0.252 e. The van der Waals surface area contributed by atoms with Gasteiger partial charge in [0.05, 0.1) is 6.33 Å². The van der Waals surface area contributed by atoms with Gasteiger partial charge in [0.2, 0.25) is 0 Å². The van der Waals surface area contributed by atoms with Gasteiger partial charge in [-0.3, -0.25) is 4.79 Å². The lowest BCUT2D eigenvalue weighted by Gasteiger charge is -2.07. The van der Waals surface area contributed by atoms with E-state index in [2.05, 4.69) is 21.4 Å². The molecule has 18 heavy (non-hydrogen) atoms. The fourth-order valence-electron chi connectivity index (χ4n) is 1.70. The number of rotatable bonds is 5. The van der Waals surface area contributed by atoms with E-state index in [4.69, 9.17) is 5.73 Å². The Balaban J connectivity index is 2.11. The quantitative estimate of drug-likeness (QED) is 0.742. The van der Waals surface area contributed by atoms with E-state index in [-0.39, 0.29) is 5.56 Å². The molecule has 94 valence electrons. The van der Waals surface area contributed by atoms with Crippen molar-refractivity contribution < 1.29 is 0 Å². The van der Waals surface area contributed by atoms with Gasteiger partial charge in [-0.25, -0.2) is 4.98 Å². The second-order valence-corrected chi connectivity index (χ2v) is 4.01. The molecule has 1 aromatic heterocycles. The number of hydrogen-bond donors (Lipinski definition) is 3. The standard InChI is InChI=1S/C13H16N4O/c14-6-2-4-10-3-1-5-11(7-10)17-12-8-13(18)16-9-15-12/h1,3,5,7-9H,2,4,6,14H2,(H2,15,16,17,18). The predicted molar refractivity (Wildman–Crippen MR) is 72.0 cm³/mol. The van der Waals surface area contributed by atoms with Crippen LogP contribution >= 0.6 is 0 Å². The summed E-state index contributed by atoms with van der Waals surface area (Å²) in [5, 5.41) is 3.10. The number of aromatic amines is 1. The number of anilines is 2. The molecule has 1 heterocycles. The van der Waals surface area contributed by atoms with Crippen LogP contribution in [-0.4, -0.2) is 16.5 Å². The summed E-state index contributed by atoms with van der Waals surface area (Å²) in [6, 6.07) is 9.44. The minimum absolute atomic E-state index is 0.174. The average molecular weight is 244 g/mol. The first-order valence-corrected chi connectivity index (χ1v) is 5.89. The van der Waals surface area contributed by atoms with Gasteiger partial charge in [0.25, 0.3) is 5.56 Å². The second kappa shape index (κ2) is 5.97. The van der Waals surface area contributed by atoms with E-state index in [1.807, 2.05) is 18.2 Å². The number of benzene rings is 1.